The molecule has 0 spiro atoms. The lowest BCUT2D eigenvalue weighted by Gasteiger charge is -2.21. The van der Waals surface area contributed by atoms with Crippen molar-refractivity contribution in [2.24, 2.45) is 5.92 Å². The zero-order chi connectivity index (χ0) is 13.7. The van der Waals surface area contributed by atoms with Crippen molar-refractivity contribution in [2.75, 3.05) is 19.8 Å². The Balaban J connectivity index is 2.00. The largest absolute Gasteiger partial charge is 0.381 e. The van der Waals surface area contributed by atoms with E-state index in [4.69, 9.17) is 16.3 Å². The molecule has 106 valence electrons. The maximum absolute atomic E-state index is 13.3. The Labute approximate surface area is 119 Å². The van der Waals surface area contributed by atoms with E-state index in [0.717, 1.165) is 44.6 Å². The first-order valence-electron chi connectivity index (χ1n) is 6.94. The van der Waals surface area contributed by atoms with Crippen LogP contribution in [0.4, 0.5) is 4.39 Å². The van der Waals surface area contributed by atoms with Crippen LogP contribution in [0.3, 0.4) is 0 Å². The maximum Gasteiger partial charge on any atom is 0.123 e. The predicted molar refractivity (Wildman–Crippen MR) is 76.1 cm³/mol. The minimum absolute atomic E-state index is 0.223. The molecular weight excluding hydrogens is 265 g/mol. The number of halogens is 2. The molecule has 4 heteroatoms. The molecule has 1 aliphatic rings. The van der Waals surface area contributed by atoms with Crippen molar-refractivity contribution in [1.82, 2.24) is 5.32 Å². The van der Waals surface area contributed by atoms with Gasteiger partial charge in [-0.25, -0.2) is 4.39 Å². The Morgan fingerprint density at radius 2 is 2.37 bits per heavy atom. The van der Waals surface area contributed by atoms with E-state index in [1.807, 2.05) is 0 Å². The molecule has 19 heavy (non-hydrogen) atoms. The Kier molecular flexibility index (Phi) is 5.61. The van der Waals surface area contributed by atoms with Crippen LogP contribution in [0.5, 0.6) is 0 Å². The molecule has 2 nitrogen and oxygen atoms in total. The molecular formula is C15H21ClFNO. The molecule has 2 unspecified atom stereocenters. The lowest BCUT2D eigenvalue weighted by atomic mass is 9.94. The fourth-order valence-electron chi connectivity index (χ4n) is 2.66. The van der Waals surface area contributed by atoms with Gasteiger partial charge in [-0.1, -0.05) is 18.5 Å². The third kappa shape index (κ3) is 4.44. The summed E-state index contributed by atoms with van der Waals surface area (Å²) in [7, 11) is 0. The van der Waals surface area contributed by atoms with Gasteiger partial charge in [0, 0.05) is 24.3 Å². The first-order valence-corrected chi connectivity index (χ1v) is 7.32. The molecule has 2 rings (SSSR count). The zero-order valence-electron chi connectivity index (χ0n) is 11.3. The summed E-state index contributed by atoms with van der Waals surface area (Å²) in [6, 6.07) is 4.90. The number of nitrogens with one attached hydrogen (secondary N) is 1. The van der Waals surface area contributed by atoms with Crippen LogP contribution in [0.25, 0.3) is 0 Å². The fourth-order valence-corrected chi connectivity index (χ4v) is 2.86. The molecule has 1 heterocycles. The molecule has 2 atom stereocenters. The van der Waals surface area contributed by atoms with Gasteiger partial charge in [-0.2, -0.15) is 0 Å². The second-order valence-corrected chi connectivity index (χ2v) is 5.57. The molecule has 1 aromatic carbocycles. The van der Waals surface area contributed by atoms with Crippen molar-refractivity contribution >= 4 is 11.6 Å². The van der Waals surface area contributed by atoms with Crippen molar-refractivity contribution in [3.63, 3.8) is 0 Å². The number of hydrogen-bond donors (Lipinski definition) is 1. The standard InChI is InChI=1S/C15H21ClFNO/c1-2-18-14(7-11-5-6-19-10-11)9-12-8-13(17)3-4-15(12)16/h3-4,8,11,14,18H,2,5-7,9-10H2,1H3. The van der Waals surface area contributed by atoms with Gasteiger partial charge in [0.15, 0.2) is 0 Å². The number of rotatable bonds is 6. The highest BCUT2D eigenvalue weighted by atomic mass is 35.5. The monoisotopic (exact) mass is 285 g/mol. The SMILES string of the molecule is CCNC(Cc1cc(F)ccc1Cl)CC1CCOC1. The summed E-state index contributed by atoms with van der Waals surface area (Å²) in [4.78, 5) is 0. The molecule has 0 saturated carbocycles. The minimum Gasteiger partial charge on any atom is -0.381 e. The average Bonchev–Trinajstić information content (AvgIpc) is 2.87. The quantitative estimate of drug-likeness (QED) is 0.865. The highest BCUT2D eigenvalue weighted by molar-refractivity contribution is 6.31. The third-order valence-electron chi connectivity index (χ3n) is 3.61. The molecule has 1 N–H and O–H groups in total. The summed E-state index contributed by atoms with van der Waals surface area (Å²) < 4.78 is 18.7. The summed E-state index contributed by atoms with van der Waals surface area (Å²) >= 11 is 6.14. The number of benzene rings is 1. The van der Waals surface area contributed by atoms with E-state index in [1.165, 1.54) is 12.1 Å². The van der Waals surface area contributed by atoms with Crippen LogP contribution >= 0.6 is 11.6 Å². The summed E-state index contributed by atoms with van der Waals surface area (Å²) in [6.45, 7) is 4.71. The number of hydrogen-bond acceptors (Lipinski definition) is 2. The van der Waals surface area contributed by atoms with Gasteiger partial charge in [0.1, 0.15) is 5.82 Å². The first-order chi connectivity index (χ1) is 9.19. The van der Waals surface area contributed by atoms with Crippen LogP contribution in [0.2, 0.25) is 5.02 Å². The van der Waals surface area contributed by atoms with Crippen LogP contribution in [0.1, 0.15) is 25.3 Å². The van der Waals surface area contributed by atoms with Crippen molar-refractivity contribution in [3.8, 4) is 0 Å². The van der Waals surface area contributed by atoms with Gasteiger partial charge in [0.05, 0.1) is 0 Å². The smallest absolute Gasteiger partial charge is 0.123 e. The Bertz CT molecular complexity index is 407. The molecule has 0 radical (unpaired) electrons. The predicted octanol–water partition coefficient (Wildman–Crippen LogP) is 3.43. The molecule has 0 aromatic heterocycles. The van der Waals surface area contributed by atoms with Crippen molar-refractivity contribution in [2.45, 2.75) is 32.2 Å². The lowest BCUT2D eigenvalue weighted by molar-refractivity contribution is 0.181. The second-order valence-electron chi connectivity index (χ2n) is 5.16. The molecule has 1 saturated heterocycles. The van der Waals surface area contributed by atoms with Crippen molar-refractivity contribution < 1.29 is 9.13 Å². The minimum atomic E-state index is -0.223. The van der Waals surface area contributed by atoms with E-state index in [-0.39, 0.29) is 5.82 Å². The molecule has 0 amide bonds. The van der Waals surface area contributed by atoms with Gasteiger partial charge in [-0.15, -0.1) is 0 Å². The Morgan fingerprint density at radius 1 is 1.53 bits per heavy atom. The van der Waals surface area contributed by atoms with Gasteiger partial charge in [0.25, 0.3) is 0 Å². The first kappa shape index (κ1) is 14.8. The summed E-state index contributed by atoms with van der Waals surface area (Å²) in [6.07, 6.45) is 2.94. The number of ether oxygens (including phenoxy) is 1. The van der Waals surface area contributed by atoms with Crippen LogP contribution < -0.4 is 5.32 Å². The Morgan fingerprint density at radius 3 is 3.05 bits per heavy atom. The van der Waals surface area contributed by atoms with Crippen LogP contribution in [0.15, 0.2) is 18.2 Å². The second kappa shape index (κ2) is 7.22. The van der Waals surface area contributed by atoms with Gasteiger partial charge in [-0.05, 0) is 55.5 Å². The Hall–Kier alpha value is -0.640. The fraction of sp³-hybridized carbons (Fsp3) is 0.600. The maximum atomic E-state index is 13.3. The highest BCUT2D eigenvalue weighted by Gasteiger charge is 2.21. The topological polar surface area (TPSA) is 21.3 Å². The summed E-state index contributed by atoms with van der Waals surface area (Å²) in [5.74, 6) is 0.384. The highest BCUT2D eigenvalue weighted by Crippen LogP contribution is 2.23. The lowest BCUT2D eigenvalue weighted by Crippen LogP contribution is -2.33. The van der Waals surface area contributed by atoms with Crippen molar-refractivity contribution in [1.29, 1.82) is 0 Å². The average molecular weight is 286 g/mol. The normalized spacial score (nSPS) is 20.7. The van der Waals surface area contributed by atoms with E-state index in [2.05, 4.69) is 12.2 Å². The van der Waals surface area contributed by atoms with Gasteiger partial charge in [-0.3, -0.25) is 0 Å². The molecule has 1 fully saturated rings. The van der Waals surface area contributed by atoms with Crippen LogP contribution in [0, 0.1) is 11.7 Å². The van der Waals surface area contributed by atoms with Gasteiger partial charge < -0.3 is 10.1 Å². The molecule has 1 aliphatic heterocycles. The van der Waals surface area contributed by atoms with Gasteiger partial charge in [0.2, 0.25) is 0 Å². The van der Waals surface area contributed by atoms with E-state index in [9.17, 15) is 4.39 Å². The molecule has 0 bridgehead atoms. The summed E-state index contributed by atoms with van der Waals surface area (Å²) in [5.41, 5.74) is 0.881. The molecule has 1 aromatic rings. The van der Waals surface area contributed by atoms with E-state index < -0.39 is 0 Å². The van der Waals surface area contributed by atoms with Crippen molar-refractivity contribution in [3.05, 3.63) is 34.6 Å². The molecule has 0 aliphatic carbocycles. The van der Waals surface area contributed by atoms with E-state index in [0.29, 0.717) is 17.0 Å². The van der Waals surface area contributed by atoms with E-state index >= 15 is 0 Å². The van der Waals surface area contributed by atoms with Crippen LogP contribution in [-0.2, 0) is 11.2 Å². The summed E-state index contributed by atoms with van der Waals surface area (Å²) in [5, 5.41) is 4.11. The third-order valence-corrected chi connectivity index (χ3v) is 3.98. The zero-order valence-corrected chi connectivity index (χ0v) is 12.0. The van der Waals surface area contributed by atoms with Crippen LogP contribution in [-0.4, -0.2) is 25.8 Å². The van der Waals surface area contributed by atoms with Gasteiger partial charge >= 0.3 is 0 Å². The number of likely N-dealkylation sites (N-methyl/N-ethyl adjacent to an activating group) is 1. The van der Waals surface area contributed by atoms with E-state index in [1.54, 1.807) is 6.07 Å².